The highest BCUT2D eigenvalue weighted by molar-refractivity contribution is 5.91. The molecule has 0 saturated heterocycles. The lowest BCUT2D eigenvalue weighted by Crippen LogP contribution is -2.22. The van der Waals surface area contributed by atoms with E-state index in [-0.39, 0.29) is 5.56 Å². The first kappa shape index (κ1) is 20.8. The Hall–Kier alpha value is -4.43. The van der Waals surface area contributed by atoms with E-state index < -0.39 is 0 Å². The molecule has 5 nitrogen and oxygen atoms in total. The number of hydrogen-bond donors (Lipinski definition) is 1. The molecule has 2 aromatic carbocycles. The van der Waals surface area contributed by atoms with Gasteiger partial charge in [0.15, 0.2) is 5.65 Å². The van der Waals surface area contributed by atoms with Crippen LogP contribution in [-0.4, -0.2) is 19.5 Å². The maximum absolute atomic E-state index is 13.3. The fraction of sp³-hybridized carbons (Fsp3) is 0.0741. The Morgan fingerprint density at radius 2 is 1.72 bits per heavy atom. The molecule has 5 aromatic rings. The zero-order chi connectivity index (χ0) is 22.5. The number of hydrogen-bond acceptors (Lipinski definition) is 3. The lowest BCUT2D eigenvalue weighted by molar-refractivity contribution is 0.937. The van der Waals surface area contributed by atoms with Crippen molar-refractivity contribution < 1.29 is 0 Å². The Morgan fingerprint density at radius 3 is 2.50 bits per heavy atom. The van der Waals surface area contributed by atoms with Crippen LogP contribution in [0.3, 0.4) is 0 Å². The molecule has 156 valence electrons. The first-order valence-electron chi connectivity index (χ1n) is 10.4. The Kier molecular flexibility index (Phi) is 5.96. The molecule has 1 N–H and O–H groups in total. The molecule has 3 aromatic heterocycles. The van der Waals surface area contributed by atoms with Crippen LogP contribution in [0.1, 0.15) is 30.8 Å². The van der Waals surface area contributed by atoms with Gasteiger partial charge in [0.25, 0.3) is 5.56 Å². The number of rotatable bonds is 3. The van der Waals surface area contributed by atoms with E-state index in [0.717, 1.165) is 22.0 Å². The van der Waals surface area contributed by atoms with E-state index in [1.165, 1.54) is 0 Å². The van der Waals surface area contributed by atoms with Gasteiger partial charge in [-0.15, -0.1) is 6.42 Å². The predicted octanol–water partition coefficient (Wildman–Crippen LogP) is 5.44. The number of benzene rings is 2. The van der Waals surface area contributed by atoms with E-state index >= 15 is 0 Å². The molecule has 5 heteroatoms. The molecular formula is C27H22N4O. The quantitative estimate of drug-likeness (QED) is 0.397. The first-order chi connectivity index (χ1) is 15.7. The van der Waals surface area contributed by atoms with Gasteiger partial charge in [0.1, 0.15) is 5.82 Å². The third-order valence-electron chi connectivity index (χ3n) is 5.00. The largest absolute Gasteiger partial charge is 0.361 e. The first-order valence-corrected chi connectivity index (χ1v) is 10.4. The smallest absolute Gasteiger partial charge is 0.267 e. The Bertz CT molecular complexity index is 1520. The molecule has 0 saturated carbocycles. The van der Waals surface area contributed by atoms with Crippen molar-refractivity contribution in [1.29, 1.82) is 0 Å². The van der Waals surface area contributed by atoms with Gasteiger partial charge in [-0.1, -0.05) is 38.0 Å². The van der Waals surface area contributed by atoms with Gasteiger partial charge in [-0.3, -0.25) is 9.36 Å². The van der Waals surface area contributed by atoms with E-state index in [1.54, 1.807) is 22.9 Å². The summed E-state index contributed by atoms with van der Waals surface area (Å²) in [6.45, 7) is 4.00. The van der Waals surface area contributed by atoms with Gasteiger partial charge >= 0.3 is 0 Å². The number of fused-ring (bicyclic) bond motifs is 2. The fourth-order valence-corrected chi connectivity index (χ4v) is 3.50. The summed E-state index contributed by atoms with van der Waals surface area (Å²) in [5.41, 5.74) is 3.73. The summed E-state index contributed by atoms with van der Waals surface area (Å²) < 4.78 is 1.58. The normalized spacial score (nSPS) is 10.8. The minimum atomic E-state index is -0.180. The molecule has 32 heavy (non-hydrogen) atoms. The fourth-order valence-electron chi connectivity index (χ4n) is 3.50. The van der Waals surface area contributed by atoms with Crippen LogP contribution >= 0.6 is 0 Å². The van der Waals surface area contributed by atoms with Crippen molar-refractivity contribution in [1.82, 2.24) is 19.5 Å². The number of pyridine rings is 1. The highest BCUT2D eigenvalue weighted by atomic mass is 16.1. The standard InChI is InChI=1S/C25H16N4O.C2H6/c1-2-17-9-12-19(13-10-17)29-23(28-24-21(25(29)30)7-5-15-26-24)14-11-18-16-27-22-8-4-3-6-20(18)22;1-2/h1,3-16,27H;1-2H3/b14-11+;. The maximum atomic E-state index is 13.3. The molecule has 0 fully saturated rings. The molecule has 0 bridgehead atoms. The summed E-state index contributed by atoms with van der Waals surface area (Å²) in [4.78, 5) is 25.5. The van der Waals surface area contributed by atoms with Crippen molar-refractivity contribution in [3.8, 4) is 18.0 Å². The number of H-pyrrole nitrogens is 1. The van der Waals surface area contributed by atoms with Crippen LogP contribution in [0.25, 0.3) is 39.8 Å². The second-order valence-corrected chi connectivity index (χ2v) is 6.80. The molecule has 0 radical (unpaired) electrons. The molecular weight excluding hydrogens is 396 g/mol. The van der Waals surface area contributed by atoms with Crippen molar-refractivity contribution in [3.05, 3.63) is 100 Å². The van der Waals surface area contributed by atoms with E-state index in [2.05, 4.69) is 20.9 Å². The number of terminal acetylenes is 1. The number of para-hydroxylation sites is 1. The van der Waals surface area contributed by atoms with Gasteiger partial charge in [-0.2, -0.15) is 0 Å². The molecule has 3 heterocycles. The van der Waals surface area contributed by atoms with Crippen LogP contribution in [0.15, 0.2) is 77.9 Å². The molecule has 0 amide bonds. The second kappa shape index (κ2) is 9.15. The highest BCUT2D eigenvalue weighted by Crippen LogP contribution is 2.21. The summed E-state index contributed by atoms with van der Waals surface area (Å²) in [5.74, 6) is 3.09. The van der Waals surface area contributed by atoms with Crippen LogP contribution in [0.2, 0.25) is 0 Å². The summed E-state index contributed by atoms with van der Waals surface area (Å²) in [5, 5.41) is 1.56. The summed E-state index contributed by atoms with van der Waals surface area (Å²) in [7, 11) is 0. The average molecular weight is 419 g/mol. The van der Waals surface area contributed by atoms with Gasteiger partial charge in [0.2, 0.25) is 0 Å². The molecule has 0 spiro atoms. The third-order valence-corrected chi connectivity index (χ3v) is 5.00. The van der Waals surface area contributed by atoms with Gasteiger partial charge in [0.05, 0.1) is 11.1 Å². The lowest BCUT2D eigenvalue weighted by Gasteiger charge is -2.11. The molecule has 0 aliphatic carbocycles. The van der Waals surface area contributed by atoms with Gasteiger partial charge in [-0.25, -0.2) is 9.97 Å². The molecule has 0 atom stereocenters. The van der Waals surface area contributed by atoms with E-state index in [0.29, 0.717) is 22.5 Å². The van der Waals surface area contributed by atoms with Crippen LogP contribution in [0, 0.1) is 12.3 Å². The summed E-state index contributed by atoms with van der Waals surface area (Å²) >= 11 is 0. The topological polar surface area (TPSA) is 63.6 Å². The van der Waals surface area contributed by atoms with Crippen LogP contribution < -0.4 is 5.56 Å². The number of aromatic nitrogens is 4. The highest BCUT2D eigenvalue weighted by Gasteiger charge is 2.12. The van der Waals surface area contributed by atoms with Gasteiger partial charge in [0, 0.05) is 28.9 Å². The van der Waals surface area contributed by atoms with Crippen molar-refractivity contribution in [2.45, 2.75) is 13.8 Å². The van der Waals surface area contributed by atoms with E-state index in [4.69, 9.17) is 6.42 Å². The summed E-state index contributed by atoms with van der Waals surface area (Å²) in [6, 6.07) is 18.8. The van der Waals surface area contributed by atoms with Crippen molar-refractivity contribution in [2.75, 3.05) is 0 Å². The van der Waals surface area contributed by atoms with Crippen molar-refractivity contribution in [3.63, 3.8) is 0 Å². The molecule has 0 unspecified atom stereocenters. The Morgan fingerprint density at radius 1 is 0.969 bits per heavy atom. The van der Waals surface area contributed by atoms with E-state index in [1.807, 2.05) is 80.7 Å². The van der Waals surface area contributed by atoms with Crippen molar-refractivity contribution in [2.24, 2.45) is 0 Å². The van der Waals surface area contributed by atoms with E-state index in [9.17, 15) is 4.79 Å². The van der Waals surface area contributed by atoms with Crippen LogP contribution in [0.4, 0.5) is 0 Å². The number of nitrogens with one attached hydrogen (secondary N) is 1. The van der Waals surface area contributed by atoms with Crippen LogP contribution in [0.5, 0.6) is 0 Å². The maximum Gasteiger partial charge on any atom is 0.267 e. The number of nitrogens with zero attached hydrogens (tertiary/aromatic N) is 3. The number of aromatic amines is 1. The van der Waals surface area contributed by atoms with Crippen molar-refractivity contribution >= 4 is 34.1 Å². The molecule has 0 aliphatic heterocycles. The SMILES string of the molecule is C#Cc1ccc(-n2c(/C=C/c3c[nH]c4ccccc34)nc3ncccc3c2=O)cc1.CC. The van der Waals surface area contributed by atoms with Gasteiger partial charge in [-0.05, 0) is 60.2 Å². The Labute approximate surface area is 186 Å². The molecule has 5 rings (SSSR count). The predicted molar refractivity (Wildman–Crippen MR) is 132 cm³/mol. The minimum absolute atomic E-state index is 0.180. The molecule has 0 aliphatic rings. The zero-order valence-corrected chi connectivity index (χ0v) is 17.9. The minimum Gasteiger partial charge on any atom is -0.361 e. The zero-order valence-electron chi connectivity index (χ0n) is 17.9. The lowest BCUT2D eigenvalue weighted by atomic mass is 10.1. The third kappa shape index (κ3) is 3.82. The average Bonchev–Trinajstić information content (AvgIpc) is 3.27. The second-order valence-electron chi connectivity index (χ2n) is 6.80. The monoisotopic (exact) mass is 418 g/mol. The van der Waals surface area contributed by atoms with Crippen LogP contribution in [-0.2, 0) is 0 Å². The summed E-state index contributed by atoms with van der Waals surface area (Å²) in [6.07, 6.45) is 12.8. The Balaban J connectivity index is 0.00000119. The van der Waals surface area contributed by atoms with Gasteiger partial charge < -0.3 is 4.98 Å².